The van der Waals surface area contributed by atoms with Crippen LogP contribution in [0.25, 0.3) is 0 Å². The Hall–Kier alpha value is -1.56. The summed E-state index contributed by atoms with van der Waals surface area (Å²) in [5, 5.41) is 2.79. The van der Waals surface area contributed by atoms with Gasteiger partial charge in [0, 0.05) is 4.47 Å². The van der Waals surface area contributed by atoms with Crippen molar-refractivity contribution in [1.82, 2.24) is 0 Å². The molecule has 0 aliphatic carbocycles. The van der Waals surface area contributed by atoms with Crippen molar-refractivity contribution in [3.63, 3.8) is 0 Å². The van der Waals surface area contributed by atoms with Crippen molar-refractivity contribution in [2.45, 2.75) is 19.4 Å². The Balaban J connectivity index is 2.51. The third kappa shape index (κ3) is 2.45. The second-order valence-corrected chi connectivity index (χ2v) is 5.76. The number of fused-ring (bicyclic) bond motifs is 1. The molecule has 5 nitrogen and oxygen atoms in total. The molecule has 1 aliphatic heterocycles. The molecule has 0 saturated carbocycles. The Kier molecular flexibility index (Phi) is 3.54. The fraction of sp³-hybridized carbons (Fsp3) is 0.385. The zero-order valence-electron chi connectivity index (χ0n) is 11.0. The third-order valence-corrected chi connectivity index (χ3v) is 3.68. The molecule has 0 aromatic heterocycles. The molecular formula is C13H15BrN2O3. The van der Waals surface area contributed by atoms with Crippen molar-refractivity contribution in [2.24, 2.45) is 0 Å². The van der Waals surface area contributed by atoms with Gasteiger partial charge >= 0.3 is 5.97 Å². The minimum Gasteiger partial charge on any atom is -0.467 e. The molecule has 1 aromatic carbocycles. The van der Waals surface area contributed by atoms with E-state index in [4.69, 9.17) is 4.74 Å². The molecule has 0 saturated heterocycles. The summed E-state index contributed by atoms with van der Waals surface area (Å²) in [6.45, 7) is 3.59. The van der Waals surface area contributed by atoms with Crippen molar-refractivity contribution in [3.8, 4) is 0 Å². The van der Waals surface area contributed by atoms with Gasteiger partial charge in [-0.3, -0.25) is 4.79 Å². The van der Waals surface area contributed by atoms with E-state index in [9.17, 15) is 9.59 Å². The lowest BCUT2D eigenvalue weighted by Crippen LogP contribution is -2.55. The molecule has 0 unspecified atom stereocenters. The summed E-state index contributed by atoms with van der Waals surface area (Å²) in [6.07, 6.45) is 0. The summed E-state index contributed by atoms with van der Waals surface area (Å²) in [7, 11) is 1.34. The third-order valence-electron chi connectivity index (χ3n) is 3.19. The second-order valence-electron chi connectivity index (χ2n) is 4.85. The predicted molar refractivity (Wildman–Crippen MR) is 76.2 cm³/mol. The molecule has 19 heavy (non-hydrogen) atoms. The number of halogens is 1. The first-order valence-corrected chi connectivity index (χ1v) is 6.61. The van der Waals surface area contributed by atoms with Crippen LogP contribution in [0.3, 0.4) is 0 Å². The number of nitrogens with zero attached hydrogens (tertiary/aromatic N) is 1. The van der Waals surface area contributed by atoms with Crippen LogP contribution in [0.2, 0.25) is 0 Å². The molecule has 0 radical (unpaired) electrons. The normalized spacial score (nSPS) is 14.7. The second kappa shape index (κ2) is 4.85. The molecule has 6 heteroatoms. The van der Waals surface area contributed by atoms with E-state index in [1.54, 1.807) is 24.8 Å². The maximum absolute atomic E-state index is 11.9. The number of carbonyl (C=O) groups excluding carboxylic acids is 2. The number of rotatable bonds is 2. The quantitative estimate of drug-likeness (QED) is 0.846. The predicted octanol–water partition coefficient (Wildman–Crippen LogP) is 2.16. The number of nitrogens with one attached hydrogen (secondary N) is 1. The Morgan fingerprint density at radius 1 is 1.47 bits per heavy atom. The summed E-state index contributed by atoms with van der Waals surface area (Å²) >= 11 is 3.40. The van der Waals surface area contributed by atoms with Gasteiger partial charge in [-0.25, -0.2) is 4.79 Å². The first-order chi connectivity index (χ1) is 8.86. The Bertz CT molecular complexity index is 543. The van der Waals surface area contributed by atoms with Gasteiger partial charge in [-0.15, -0.1) is 0 Å². The summed E-state index contributed by atoms with van der Waals surface area (Å²) in [6, 6.07) is 5.52. The molecule has 1 heterocycles. The van der Waals surface area contributed by atoms with Crippen LogP contribution >= 0.6 is 15.9 Å². The van der Waals surface area contributed by atoms with Gasteiger partial charge in [0.2, 0.25) is 5.91 Å². The topological polar surface area (TPSA) is 58.6 Å². The van der Waals surface area contributed by atoms with E-state index in [2.05, 4.69) is 21.2 Å². The summed E-state index contributed by atoms with van der Waals surface area (Å²) in [5.74, 6) is -0.528. The van der Waals surface area contributed by atoms with Crippen molar-refractivity contribution in [1.29, 1.82) is 0 Å². The summed E-state index contributed by atoms with van der Waals surface area (Å²) in [4.78, 5) is 25.4. The lowest BCUT2D eigenvalue weighted by molar-refractivity contribution is -0.145. The standard InChI is InChI=1S/C13H15BrN2O3/c1-13(2,12(18)19-3)16-7-11(17)15-9-5-4-8(14)6-10(9)16/h4-6H,7H2,1-3H3,(H,15,17). The van der Waals surface area contributed by atoms with Crippen LogP contribution < -0.4 is 10.2 Å². The number of benzene rings is 1. The minimum atomic E-state index is -0.915. The number of amides is 1. The largest absolute Gasteiger partial charge is 0.467 e. The highest BCUT2D eigenvalue weighted by molar-refractivity contribution is 9.10. The number of hydrogen-bond acceptors (Lipinski definition) is 4. The number of esters is 1. The lowest BCUT2D eigenvalue weighted by Gasteiger charge is -2.40. The van der Waals surface area contributed by atoms with Crippen LogP contribution in [0.15, 0.2) is 22.7 Å². The van der Waals surface area contributed by atoms with Crippen molar-refractivity contribution < 1.29 is 14.3 Å². The van der Waals surface area contributed by atoms with E-state index in [0.29, 0.717) is 5.69 Å². The van der Waals surface area contributed by atoms with Crippen LogP contribution in [0.4, 0.5) is 11.4 Å². The summed E-state index contributed by atoms with van der Waals surface area (Å²) < 4.78 is 5.71. The molecule has 1 N–H and O–H groups in total. The first kappa shape index (κ1) is 13.9. The van der Waals surface area contributed by atoms with E-state index in [0.717, 1.165) is 10.2 Å². The fourth-order valence-corrected chi connectivity index (χ4v) is 2.46. The van der Waals surface area contributed by atoms with Gasteiger partial charge in [0.15, 0.2) is 0 Å². The molecule has 0 spiro atoms. The number of hydrogen-bond donors (Lipinski definition) is 1. The zero-order valence-corrected chi connectivity index (χ0v) is 12.6. The number of anilines is 2. The van der Waals surface area contributed by atoms with Crippen LogP contribution in [-0.4, -0.2) is 31.1 Å². The highest BCUT2D eigenvalue weighted by Gasteiger charge is 2.40. The Morgan fingerprint density at radius 2 is 2.16 bits per heavy atom. The maximum atomic E-state index is 11.9. The van der Waals surface area contributed by atoms with Gasteiger partial charge in [0.05, 0.1) is 25.0 Å². The average molecular weight is 327 g/mol. The van der Waals surface area contributed by atoms with Gasteiger partial charge < -0.3 is 15.0 Å². The van der Waals surface area contributed by atoms with Gasteiger partial charge in [-0.05, 0) is 32.0 Å². The molecule has 1 aliphatic rings. The van der Waals surface area contributed by atoms with Crippen molar-refractivity contribution in [3.05, 3.63) is 22.7 Å². The number of carbonyl (C=O) groups is 2. The van der Waals surface area contributed by atoms with E-state index >= 15 is 0 Å². The molecule has 2 rings (SSSR count). The average Bonchev–Trinajstić information content (AvgIpc) is 2.37. The summed E-state index contributed by atoms with van der Waals surface area (Å²) in [5.41, 5.74) is 0.572. The van der Waals surface area contributed by atoms with Crippen molar-refractivity contribution >= 4 is 39.2 Å². The van der Waals surface area contributed by atoms with Crippen LogP contribution in [-0.2, 0) is 14.3 Å². The van der Waals surface area contributed by atoms with E-state index in [1.807, 2.05) is 12.1 Å². The maximum Gasteiger partial charge on any atom is 0.331 e. The van der Waals surface area contributed by atoms with Crippen LogP contribution in [0, 0.1) is 0 Å². The van der Waals surface area contributed by atoms with E-state index in [1.165, 1.54) is 7.11 Å². The van der Waals surface area contributed by atoms with Crippen molar-refractivity contribution in [2.75, 3.05) is 23.9 Å². The van der Waals surface area contributed by atoms with Crippen LogP contribution in [0.5, 0.6) is 0 Å². The number of methoxy groups -OCH3 is 1. The Morgan fingerprint density at radius 3 is 2.79 bits per heavy atom. The molecule has 102 valence electrons. The SMILES string of the molecule is COC(=O)C(C)(C)N1CC(=O)Nc2ccc(Br)cc21. The van der Waals surface area contributed by atoms with E-state index < -0.39 is 5.54 Å². The van der Waals surface area contributed by atoms with Gasteiger partial charge in [-0.2, -0.15) is 0 Å². The highest BCUT2D eigenvalue weighted by atomic mass is 79.9. The van der Waals surface area contributed by atoms with Gasteiger partial charge in [-0.1, -0.05) is 15.9 Å². The molecule has 0 atom stereocenters. The monoisotopic (exact) mass is 326 g/mol. The minimum absolute atomic E-state index is 0.117. The molecule has 1 aromatic rings. The first-order valence-electron chi connectivity index (χ1n) is 5.81. The lowest BCUT2D eigenvalue weighted by atomic mass is 10.00. The molecule has 0 fully saturated rings. The molecular weight excluding hydrogens is 312 g/mol. The molecule has 0 bridgehead atoms. The van der Waals surface area contributed by atoms with Gasteiger partial charge in [0.1, 0.15) is 5.54 Å². The number of ether oxygens (including phenoxy) is 1. The van der Waals surface area contributed by atoms with Gasteiger partial charge in [0.25, 0.3) is 0 Å². The zero-order chi connectivity index (χ0) is 14.2. The fourth-order valence-electron chi connectivity index (χ4n) is 2.11. The Labute approximate surface area is 120 Å². The smallest absolute Gasteiger partial charge is 0.331 e. The molecule has 1 amide bonds. The van der Waals surface area contributed by atoms with Crippen LogP contribution in [0.1, 0.15) is 13.8 Å². The highest BCUT2D eigenvalue weighted by Crippen LogP contribution is 2.36. The van der Waals surface area contributed by atoms with E-state index in [-0.39, 0.29) is 18.4 Å².